The molecule has 1 aliphatic carbocycles. The van der Waals surface area contributed by atoms with Crippen LogP contribution in [0.1, 0.15) is 58.3 Å². The molecule has 0 amide bonds. The molecule has 18 heavy (non-hydrogen) atoms. The van der Waals surface area contributed by atoms with E-state index in [4.69, 9.17) is 5.73 Å². The zero-order valence-corrected chi connectivity index (χ0v) is 11.9. The molecule has 0 spiro atoms. The molecule has 2 fully saturated rings. The first kappa shape index (κ1) is 14.3. The van der Waals surface area contributed by atoms with Crippen LogP contribution in [0.2, 0.25) is 0 Å². The lowest BCUT2D eigenvalue weighted by Gasteiger charge is -2.52. The Labute approximate surface area is 112 Å². The van der Waals surface area contributed by atoms with Gasteiger partial charge in [-0.3, -0.25) is 0 Å². The number of hydrogen-bond acceptors (Lipinski definition) is 3. The normalized spacial score (nSPS) is 36.5. The molecule has 0 bridgehead atoms. The van der Waals surface area contributed by atoms with Gasteiger partial charge < -0.3 is 16.2 Å². The summed E-state index contributed by atoms with van der Waals surface area (Å²) in [6.45, 7) is 4.81. The van der Waals surface area contributed by atoms with Gasteiger partial charge in [0.1, 0.15) is 0 Å². The second kappa shape index (κ2) is 5.89. The Morgan fingerprint density at radius 1 is 1.17 bits per heavy atom. The largest absolute Gasteiger partial charge is 0.389 e. The molecule has 2 rings (SSSR count). The maximum atomic E-state index is 11.0. The van der Waals surface area contributed by atoms with Gasteiger partial charge in [-0.15, -0.1) is 0 Å². The van der Waals surface area contributed by atoms with E-state index in [1.54, 1.807) is 0 Å². The zero-order chi connectivity index (χ0) is 13.1. The summed E-state index contributed by atoms with van der Waals surface area (Å²) in [5.74, 6) is 0.875. The highest BCUT2D eigenvalue weighted by atomic mass is 16.3. The molecule has 3 heteroatoms. The summed E-state index contributed by atoms with van der Waals surface area (Å²) in [5, 5.41) is 14.4. The average molecular weight is 254 g/mol. The average Bonchev–Trinajstić information content (AvgIpc) is 2.41. The Morgan fingerprint density at radius 3 is 2.28 bits per heavy atom. The van der Waals surface area contributed by atoms with E-state index in [0.29, 0.717) is 6.54 Å². The molecule has 0 aromatic carbocycles. The van der Waals surface area contributed by atoms with E-state index in [9.17, 15) is 5.11 Å². The van der Waals surface area contributed by atoms with E-state index in [-0.39, 0.29) is 5.41 Å². The van der Waals surface area contributed by atoms with Crippen molar-refractivity contribution in [2.45, 2.75) is 63.9 Å². The smallest absolute Gasteiger partial charge is 0.0739 e. The van der Waals surface area contributed by atoms with Crippen molar-refractivity contribution in [2.24, 2.45) is 17.1 Å². The number of nitrogens with two attached hydrogens (primary N) is 1. The van der Waals surface area contributed by atoms with Crippen molar-refractivity contribution in [3.8, 4) is 0 Å². The van der Waals surface area contributed by atoms with Crippen molar-refractivity contribution in [1.82, 2.24) is 5.32 Å². The molecule has 1 heterocycles. The fourth-order valence-electron chi connectivity index (χ4n) is 4.16. The molecule has 0 radical (unpaired) electrons. The summed E-state index contributed by atoms with van der Waals surface area (Å²) in [5.41, 5.74) is 5.58. The van der Waals surface area contributed by atoms with E-state index in [2.05, 4.69) is 12.2 Å². The first-order valence-electron chi connectivity index (χ1n) is 7.79. The van der Waals surface area contributed by atoms with Gasteiger partial charge in [0, 0.05) is 12.0 Å². The van der Waals surface area contributed by atoms with Gasteiger partial charge in [0.05, 0.1) is 5.60 Å². The fourth-order valence-corrected chi connectivity index (χ4v) is 4.16. The number of rotatable bonds is 4. The minimum absolute atomic E-state index is 0.000653. The van der Waals surface area contributed by atoms with Gasteiger partial charge in [0.2, 0.25) is 0 Å². The highest BCUT2D eigenvalue weighted by molar-refractivity contribution is 5.03. The molecule has 0 atom stereocenters. The van der Waals surface area contributed by atoms with E-state index in [1.165, 1.54) is 25.7 Å². The molecule has 0 aromatic rings. The topological polar surface area (TPSA) is 58.3 Å². The molecule has 1 aliphatic heterocycles. The number of nitrogens with one attached hydrogen (secondary N) is 1. The standard InChI is InChI=1S/C15H30N2O/c1-2-3-13-4-6-14(12-16,7-5-13)15(18)8-10-17-11-9-15/h13,17-18H,2-12,16H2,1H3. The number of aliphatic hydroxyl groups is 1. The van der Waals surface area contributed by atoms with Crippen LogP contribution in [0.5, 0.6) is 0 Å². The van der Waals surface area contributed by atoms with Gasteiger partial charge in [0.25, 0.3) is 0 Å². The Kier molecular flexibility index (Phi) is 4.68. The van der Waals surface area contributed by atoms with E-state index in [1.807, 2.05) is 0 Å². The van der Waals surface area contributed by atoms with Gasteiger partial charge in [-0.1, -0.05) is 19.8 Å². The predicted octanol–water partition coefficient (Wildman–Crippen LogP) is 2.04. The quantitative estimate of drug-likeness (QED) is 0.719. The highest BCUT2D eigenvalue weighted by Crippen LogP contribution is 2.49. The van der Waals surface area contributed by atoms with Crippen LogP contribution in [-0.2, 0) is 0 Å². The zero-order valence-electron chi connectivity index (χ0n) is 11.9. The maximum Gasteiger partial charge on any atom is 0.0739 e. The first-order valence-corrected chi connectivity index (χ1v) is 7.79. The van der Waals surface area contributed by atoms with Crippen LogP contribution in [0.15, 0.2) is 0 Å². The molecule has 106 valence electrons. The van der Waals surface area contributed by atoms with Crippen LogP contribution < -0.4 is 11.1 Å². The Bertz CT molecular complexity index is 253. The number of hydrogen-bond donors (Lipinski definition) is 3. The summed E-state index contributed by atoms with van der Waals surface area (Å²) in [6, 6.07) is 0. The predicted molar refractivity (Wildman–Crippen MR) is 75.4 cm³/mol. The van der Waals surface area contributed by atoms with Crippen LogP contribution in [0, 0.1) is 11.3 Å². The molecule has 2 aliphatic rings. The summed E-state index contributed by atoms with van der Waals surface area (Å²) in [7, 11) is 0. The van der Waals surface area contributed by atoms with Gasteiger partial charge in [0.15, 0.2) is 0 Å². The molecule has 3 nitrogen and oxygen atoms in total. The lowest BCUT2D eigenvalue weighted by Crippen LogP contribution is -2.58. The third kappa shape index (κ3) is 2.59. The fraction of sp³-hybridized carbons (Fsp3) is 1.00. The molecule has 1 saturated carbocycles. The van der Waals surface area contributed by atoms with Gasteiger partial charge in [-0.25, -0.2) is 0 Å². The van der Waals surface area contributed by atoms with Crippen molar-refractivity contribution in [3.63, 3.8) is 0 Å². The van der Waals surface area contributed by atoms with Crippen molar-refractivity contribution < 1.29 is 5.11 Å². The van der Waals surface area contributed by atoms with Crippen molar-refractivity contribution in [2.75, 3.05) is 19.6 Å². The summed E-state index contributed by atoms with van der Waals surface area (Å²) in [4.78, 5) is 0. The molecular formula is C15H30N2O. The molecule has 1 saturated heterocycles. The minimum atomic E-state index is -0.510. The Morgan fingerprint density at radius 2 is 1.78 bits per heavy atom. The van der Waals surface area contributed by atoms with Crippen molar-refractivity contribution in [1.29, 1.82) is 0 Å². The Hall–Kier alpha value is -0.120. The molecular weight excluding hydrogens is 224 g/mol. The molecule has 4 N–H and O–H groups in total. The van der Waals surface area contributed by atoms with Gasteiger partial charge in [-0.05, 0) is 57.5 Å². The van der Waals surface area contributed by atoms with E-state index in [0.717, 1.165) is 44.7 Å². The van der Waals surface area contributed by atoms with Crippen molar-refractivity contribution >= 4 is 0 Å². The monoisotopic (exact) mass is 254 g/mol. The number of piperidine rings is 1. The van der Waals surface area contributed by atoms with Crippen LogP contribution in [0.4, 0.5) is 0 Å². The van der Waals surface area contributed by atoms with E-state index < -0.39 is 5.60 Å². The maximum absolute atomic E-state index is 11.0. The SMILES string of the molecule is CCCC1CCC(CN)(C2(O)CCNCC2)CC1. The van der Waals surface area contributed by atoms with Crippen LogP contribution >= 0.6 is 0 Å². The lowest BCUT2D eigenvalue weighted by molar-refractivity contribution is -0.122. The second-order valence-corrected chi connectivity index (χ2v) is 6.50. The third-order valence-corrected chi connectivity index (χ3v) is 5.57. The summed E-state index contributed by atoms with van der Waals surface area (Å²) >= 11 is 0. The second-order valence-electron chi connectivity index (χ2n) is 6.50. The van der Waals surface area contributed by atoms with Gasteiger partial charge in [-0.2, -0.15) is 0 Å². The summed E-state index contributed by atoms with van der Waals surface area (Å²) < 4.78 is 0. The molecule has 0 unspecified atom stereocenters. The first-order chi connectivity index (χ1) is 8.66. The van der Waals surface area contributed by atoms with E-state index >= 15 is 0 Å². The molecule has 0 aromatic heterocycles. The van der Waals surface area contributed by atoms with Crippen LogP contribution in [0.25, 0.3) is 0 Å². The minimum Gasteiger partial charge on any atom is -0.389 e. The van der Waals surface area contributed by atoms with Crippen molar-refractivity contribution in [3.05, 3.63) is 0 Å². The lowest BCUT2D eigenvalue weighted by atomic mass is 9.58. The van der Waals surface area contributed by atoms with Crippen LogP contribution in [0.3, 0.4) is 0 Å². The third-order valence-electron chi connectivity index (χ3n) is 5.57. The van der Waals surface area contributed by atoms with Gasteiger partial charge >= 0.3 is 0 Å². The summed E-state index contributed by atoms with van der Waals surface area (Å²) in [6.07, 6.45) is 9.18. The van der Waals surface area contributed by atoms with Crippen LogP contribution in [-0.4, -0.2) is 30.3 Å². The Balaban J connectivity index is 2.03. The highest BCUT2D eigenvalue weighted by Gasteiger charge is 2.50.